The average Bonchev–Trinajstić information content (AvgIpc) is 2.28. The Bertz CT molecular complexity index is 416. The Hall–Kier alpha value is -1.47. The van der Waals surface area contributed by atoms with Gasteiger partial charge in [0.1, 0.15) is 0 Å². The molecule has 0 atom stereocenters. The molecule has 0 radical (unpaired) electrons. The Kier molecular flexibility index (Phi) is 5.58. The van der Waals surface area contributed by atoms with Gasteiger partial charge in [-0.25, -0.2) is 9.78 Å². The van der Waals surface area contributed by atoms with Crippen LogP contribution in [0.4, 0.5) is 4.79 Å². The second-order valence-corrected chi connectivity index (χ2v) is 3.59. The Morgan fingerprint density at radius 1 is 1.53 bits per heavy atom. The van der Waals surface area contributed by atoms with Gasteiger partial charge in [0.2, 0.25) is 0 Å². The summed E-state index contributed by atoms with van der Waals surface area (Å²) in [6.45, 7) is 2.26. The van der Waals surface area contributed by atoms with Gasteiger partial charge in [0.15, 0.2) is 10.3 Å². The molecule has 1 heterocycles. The lowest BCUT2D eigenvalue weighted by atomic mass is 10.4. The van der Waals surface area contributed by atoms with Gasteiger partial charge >= 0.3 is 6.09 Å². The number of ether oxygens (including phenoxy) is 1. The second kappa shape index (κ2) is 6.97. The number of aromatic nitrogens is 2. The number of alkyl carbamates (subject to hydrolysis) is 1. The number of nitrogens with zero attached hydrogens (tertiary/aromatic N) is 2. The SMILES string of the molecule is CCOC(=O)NC(=S)NCc1nccnc1Cl. The van der Waals surface area contributed by atoms with E-state index in [4.69, 9.17) is 23.8 Å². The molecule has 0 aromatic carbocycles. The first-order valence-electron chi connectivity index (χ1n) is 4.80. The maximum atomic E-state index is 11.0. The normalized spacial score (nSPS) is 9.53. The van der Waals surface area contributed by atoms with Gasteiger partial charge in [-0.15, -0.1) is 0 Å². The van der Waals surface area contributed by atoms with Crippen LogP contribution in [0.25, 0.3) is 0 Å². The summed E-state index contributed by atoms with van der Waals surface area (Å²) < 4.78 is 4.66. The van der Waals surface area contributed by atoms with Crippen molar-refractivity contribution in [1.82, 2.24) is 20.6 Å². The van der Waals surface area contributed by atoms with Crippen LogP contribution in [-0.4, -0.2) is 27.8 Å². The molecule has 2 N–H and O–H groups in total. The van der Waals surface area contributed by atoms with Crippen molar-refractivity contribution in [1.29, 1.82) is 0 Å². The summed E-state index contributed by atoms with van der Waals surface area (Å²) in [5.74, 6) is 0. The number of hydrogen-bond acceptors (Lipinski definition) is 5. The zero-order valence-electron chi connectivity index (χ0n) is 9.07. The van der Waals surface area contributed by atoms with Crippen LogP contribution in [0.2, 0.25) is 5.15 Å². The standard InChI is InChI=1S/C9H11ClN4O2S/c1-2-16-9(15)14-8(17)13-5-6-7(10)12-4-3-11-6/h3-4H,2,5H2,1H3,(H2,13,14,15,17). The molecular formula is C9H11ClN4O2S. The summed E-state index contributed by atoms with van der Waals surface area (Å²) in [5.41, 5.74) is 0.544. The van der Waals surface area contributed by atoms with E-state index in [9.17, 15) is 4.79 Å². The number of nitrogens with one attached hydrogen (secondary N) is 2. The molecule has 0 saturated carbocycles. The van der Waals surface area contributed by atoms with Crippen molar-refractivity contribution < 1.29 is 9.53 Å². The van der Waals surface area contributed by atoms with Gasteiger partial charge in [0, 0.05) is 12.4 Å². The Balaban J connectivity index is 2.38. The van der Waals surface area contributed by atoms with E-state index in [-0.39, 0.29) is 18.3 Å². The fraction of sp³-hybridized carbons (Fsp3) is 0.333. The highest BCUT2D eigenvalue weighted by Gasteiger charge is 2.06. The Labute approximate surface area is 109 Å². The quantitative estimate of drug-likeness (QED) is 0.808. The van der Waals surface area contributed by atoms with Crippen molar-refractivity contribution in [2.45, 2.75) is 13.5 Å². The minimum Gasteiger partial charge on any atom is -0.450 e. The lowest BCUT2D eigenvalue weighted by molar-refractivity contribution is 0.157. The molecule has 1 amide bonds. The van der Waals surface area contributed by atoms with Crippen molar-refractivity contribution >= 4 is 35.0 Å². The third-order valence-corrected chi connectivity index (χ3v) is 2.19. The van der Waals surface area contributed by atoms with Gasteiger partial charge in [-0.1, -0.05) is 11.6 Å². The number of carbonyl (C=O) groups is 1. The van der Waals surface area contributed by atoms with Crippen LogP contribution in [0.5, 0.6) is 0 Å². The smallest absolute Gasteiger partial charge is 0.413 e. The van der Waals surface area contributed by atoms with E-state index >= 15 is 0 Å². The van der Waals surface area contributed by atoms with Crippen molar-refractivity contribution in [3.8, 4) is 0 Å². The minimum absolute atomic E-state index is 0.144. The van der Waals surface area contributed by atoms with Gasteiger partial charge in [-0.05, 0) is 19.1 Å². The first-order valence-corrected chi connectivity index (χ1v) is 5.59. The van der Waals surface area contributed by atoms with Gasteiger partial charge in [-0.2, -0.15) is 0 Å². The summed E-state index contributed by atoms with van der Waals surface area (Å²) in [7, 11) is 0. The number of rotatable bonds is 3. The lowest BCUT2D eigenvalue weighted by Gasteiger charge is -2.09. The first kappa shape index (κ1) is 13.6. The predicted molar refractivity (Wildman–Crippen MR) is 66.6 cm³/mol. The van der Waals surface area contributed by atoms with E-state index < -0.39 is 6.09 Å². The van der Waals surface area contributed by atoms with Crippen molar-refractivity contribution in [3.63, 3.8) is 0 Å². The first-order chi connectivity index (χ1) is 8.13. The number of amides is 1. The second-order valence-electron chi connectivity index (χ2n) is 2.82. The molecule has 0 bridgehead atoms. The van der Waals surface area contributed by atoms with Crippen LogP contribution >= 0.6 is 23.8 Å². The molecule has 0 spiro atoms. The average molecular weight is 275 g/mol. The van der Waals surface area contributed by atoms with Crippen LogP contribution in [0.1, 0.15) is 12.6 Å². The van der Waals surface area contributed by atoms with Crippen molar-refractivity contribution in [2.75, 3.05) is 6.61 Å². The molecule has 1 rings (SSSR count). The fourth-order valence-corrected chi connectivity index (χ4v) is 1.26. The lowest BCUT2D eigenvalue weighted by Crippen LogP contribution is -2.39. The highest BCUT2D eigenvalue weighted by atomic mass is 35.5. The maximum Gasteiger partial charge on any atom is 0.413 e. The zero-order valence-corrected chi connectivity index (χ0v) is 10.6. The topological polar surface area (TPSA) is 76.1 Å². The molecule has 6 nitrogen and oxygen atoms in total. The van der Waals surface area contributed by atoms with Gasteiger partial charge in [-0.3, -0.25) is 10.3 Å². The van der Waals surface area contributed by atoms with E-state index in [0.29, 0.717) is 10.8 Å². The molecule has 1 aromatic rings. The molecule has 1 aromatic heterocycles. The summed E-state index contributed by atoms with van der Waals surface area (Å²) in [6.07, 6.45) is 2.40. The number of halogens is 1. The van der Waals surface area contributed by atoms with E-state index in [1.54, 1.807) is 6.92 Å². The number of carbonyl (C=O) groups excluding carboxylic acids is 1. The van der Waals surface area contributed by atoms with E-state index in [1.165, 1.54) is 12.4 Å². The molecule has 0 fully saturated rings. The summed E-state index contributed by atoms with van der Waals surface area (Å²) in [5, 5.41) is 5.53. The van der Waals surface area contributed by atoms with E-state index in [0.717, 1.165) is 0 Å². The molecule has 17 heavy (non-hydrogen) atoms. The van der Waals surface area contributed by atoms with E-state index in [1.807, 2.05) is 0 Å². The van der Waals surface area contributed by atoms with Crippen LogP contribution in [0.3, 0.4) is 0 Å². The number of thiocarbonyl (C=S) groups is 1. The molecule has 0 unspecified atom stereocenters. The monoisotopic (exact) mass is 274 g/mol. The van der Waals surface area contributed by atoms with Crippen molar-refractivity contribution in [3.05, 3.63) is 23.2 Å². The molecule has 8 heteroatoms. The van der Waals surface area contributed by atoms with Gasteiger partial charge in [0.25, 0.3) is 0 Å². The van der Waals surface area contributed by atoms with Crippen LogP contribution < -0.4 is 10.6 Å². The highest BCUT2D eigenvalue weighted by Crippen LogP contribution is 2.07. The van der Waals surface area contributed by atoms with E-state index in [2.05, 4.69) is 25.3 Å². The van der Waals surface area contributed by atoms with Crippen molar-refractivity contribution in [2.24, 2.45) is 0 Å². The van der Waals surface area contributed by atoms with Crippen LogP contribution in [0.15, 0.2) is 12.4 Å². The fourth-order valence-electron chi connectivity index (χ4n) is 0.937. The third-order valence-electron chi connectivity index (χ3n) is 1.63. The van der Waals surface area contributed by atoms with Gasteiger partial charge in [0.05, 0.1) is 18.8 Å². The van der Waals surface area contributed by atoms with Gasteiger partial charge < -0.3 is 10.1 Å². The van der Waals surface area contributed by atoms with Crippen LogP contribution in [0, 0.1) is 0 Å². The summed E-state index contributed by atoms with van der Waals surface area (Å²) >= 11 is 10.7. The summed E-state index contributed by atoms with van der Waals surface area (Å²) in [4.78, 5) is 18.9. The molecule has 0 aliphatic heterocycles. The largest absolute Gasteiger partial charge is 0.450 e. The number of hydrogen-bond donors (Lipinski definition) is 2. The zero-order chi connectivity index (χ0) is 12.7. The summed E-state index contributed by atoms with van der Waals surface area (Å²) in [6, 6.07) is 0. The molecular weight excluding hydrogens is 264 g/mol. The molecule has 0 aliphatic rings. The third kappa shape index (κ3) is 4.92. The van der Waals surface area contributed by atoms with Crippen LogP contribution in [-0.2, 0) is 11.3 Å². The molecule has 0 saturated heterocycles. The Morgan fingerprint density at radius 2 is 2.24 bits per heavy atom. The molecule has 92 valence electrons. The minimum atomic E-state index is -0.602. The maximum absolute atomic E-state index is 11.0. The molecule has 0 aliphatic carbocycles. The highest BCUT2D eigenvalue weighted by molar-refractivity contribution is 7.80. The Morgan fingerprint density at radius 3 is 2.88 bits per heavy atom. The predicted octanol–water partition coefficient (Wildman–Crippen LogP) is 1.25.